The van der Waals surface area contributed by atoms with Gasteiger partial charge in [0.2, 0.25) is 0 Å². The van der Waals surface area contributed by atoms with E-state index in [1.165, 1.54) is 18.5 Å². The number of rotatable bonds is 8. The van der Waals surface area contributed by atoms with Gasteiger partial charge in [0.1, 0.15) is 5.75 Å². The van der Waals surface area contributed by atoms with Gasteiger partial charge in [-0.3, -0.25) is 0 Å². The molecule has 1 rings (SSSR count). The van der Waals surface area contributed by atoms with Crippen molar-refractivity contribution in [2.24, 2.45) is 0 Å². The van der Waals surface area contributed by atoms with Crippen molar-refractivity contribution in [1.82, 2.24) is 4.90 Å². The molecule has 0 aliphatic rings. The van der Waals surface area contributed by atoms with Gasteiger partial charge in [-0.1, -0.05) is 32.0 Å². The van der Waals surface area contributed by atoms with Crippen molar-refractivity contribution in [2.75, 3.05) is 26.2 Å². The average molecular weight is 235 g/mol. The monoisotopic (exact) mass is 235 g/mol. The summed E-state index contributed by atoms with van der Waals surface area (Å²) < 4.78 is 5.77. The van der Waals surface area contributed by atoms with Gasteiger partial charge >= 0.3 is 0 Å². The molecule has 0 saturated heterocycles. The molecular formula is C15H25NO. The lowest BCUT2D eigenvalue weighted by atomic mass is 10.2. The molecule has 0 radical (unpaired) electrons. The summed E-state index contributed by atoms with van der Waals surface area (Å²) >= 11 is 0. The molecule has 2 heteroatoms. The predicted molar refractivity (Wildman–Crippen MR) is 73.7 cm³/mol. The van der Waals surface area contributed by atoms with E-state index >= 15 is 0 Å². The Bertz CT molecular complexity index is 308. The number of hydrogen-bond donors (Lipinski definition) is 0. The molecular weight excluding hydrogens is 210 g/mol. The molecule has 96 valence electrons. The molecule has 0 saturated carbocycles. The van der Waals surface area contributed by atoms with Gasteiger partial charge in [0.05, 0.1) is 6.61 Å². The molecule has 0 aliphatic heterocycles. The van der Waals surface area contributed by atoms with Crippen LogP contribution in [0.3, 0.4) is 0 Å². The highest BCUT2D eigenvalue weighted by Crippen LogP contribution is 2.16. The molecule has 0 fully saturated rings. The summed E-state index contributed by atoms with van der Waals surface area (Å²) in [4.78, 5) is 2.45. The zero-order valence-electron chi connectivity index (χ0n) is 11.4. The van der Waals surface area contributed by atoms with E-state index in [4.69, 9.17) is 4.74 Å². The fourth-order valence-corrected chi connectivity index (χ4v) is 1.88. The molecule has 0 spiro atoms. The zero-order valence-corrected chi connectivity index (χ0v) is 11.4. The smallest absolute Gasteiger partial charge is 0.122 e. The van der Waals surface area contributed by atoms with E-state index in [1.54, 1.807) is 0 Å². The lowest BCUT2D eigenvalue weighted by molar-refractivity contribution is 0.265. The van der Waals surface area contributed by atoms with Crippen LogP contribution in [0.25, 0.3) is 0 Å². The van der Waals surface area contributed by atoms with Crippen LogP contribution in [0, 0.1) is 6.92 Å². The molecule has 17 heavy (non-hydrogen) atoms. The van der Waals surface area contributed by atoms with Crippen LogP contribution in [0.2, 0.25) is 0 Å². The molecule has 2 nitrogen and oxygen atoms in total. The first-order valence-electron chi connectivity index (χ1n) is 6.68. The lowest BCUT2D eigenvalue weighted by Crippen LogP contribution is -2.24. The van der Waals surface area contributed by atoms with Gasteiger partial charge in [-0.05, 0) is 51.0 Å². The van der Waals surface area contributed by atoms with E-state index in [2.05, 4.69) is 31.7 Å². The van der Waals surface area contributed by atoms with Crippen LogP contribution in [-0.2, 0) is 0 Å². The highest BCUT2D eigenvalue weighted by Gasteiger charge is 2.00. The maximum atomic E-state index is 5.77. The maximum absolute atomic E-state index is 5.77. The fourth-order valence-electron chi connectivity index (χ4n) is 1.88. The number of aryl methyl sites for hydroxylation is 1. The van der Waals surface area contributed by atoms with Crippen LogP contribution in [0.15, 0.2) is 24.3 Å². The SMILES string of the molecule is CCN(CC)CCCCOc1ccccc1C. The number of ether oxygens (including phenoxy) is 1. The van der Waals surface area contributed by atoms with Crippen LogP contribution < -0.4 is 4.74 Å². The number of para-hydroxylation sites is 1. The molecule has 1 aromatic rings. The maximum Gasteiger partial charge on any atom is 0.122 e. The minimum Gasteiger partial charge on any atom is -0.493 e. The van der Waals surface area contributed by atoms with Gasteiger partial charge in [0, 0.05) is 0 Å². The standard InChI is InChI=1S/C15H25NO/c1-4-16(5-2)12-8-9-13-17-15-11-7-6-10-14(15)3/h6-7,10-11H,4-5,8-9,12-13H2,1-3H3. The zero-order chi connectivity index (χ0) is 12.5. The van der Waals surface area contributed by atoms with E-state index in [0.29, 0.717) is 0 Å². The molecule has 0 bridgehead atoms. The highest BCUT2D eigenvalue weighted by molar-refractivity contribution is 5.31. The lowest BCUT2D eigenvalue weighted by Gasteiger charge is -2.17. The van der Waals surface area contributed by atoms with E-state index in [-0.39, 0.29) is 0 Å². The second-order valence-corrected chi connectivity index (χ2v) is 4.35. The topological polar surface area (TPSA) is 12.5 Å². The second kappa shape index (κ2) is 8.13. The van der Waals surface area contributed by atoms with E-state index < -0.39 is 0 Å². The average Bonchev–Trinajstić information content (AvgIpc) is 2.36. The summed E-state index contributed by atoms with van der Waals surface area (Å²) in [6.45, 7) is 10.8. The first-order chi connectivity index (χ1) is 8.27. The molecule has 0 aromatic heterocycles. The van der Waals surface area contributed by atoms with Crippen molar-refractivity contribution in [3.8, 4) is 5.75 Å². The number of benzene rings is 1. The quantitative estimate of drug-likeness (QED) is 0.639. The van der Waals surface area contributed by atoms with Gasteiger partial charge < -0.3 is 9.64 Å². The Morgan fingerprint density at radius 1 is 1.06 bits per heavy atom. The Kier molecular flexibility index (Phi) is 6.71. The minimum atomic E-state index is 0.826. The molecule has 0 heterocycles. The first kappa shape index (κ1) is 14.0. The molecule has 1 aromatic carbocycles. The normalized spacial score (nSPS) is 10.8. The van der Waals surface area contributed by atoms with Crippen molar-refractivity contribution < 1.29 is 4.74 Å². The Morgan fingerprint density at radius 2 is 1.76 bits per heavy atom. The minimum absolute atomic E-state index is 0.826. The Morgan fingerprint density at radius 3 is 2.41 bits per heavy atom. The summed E-state index contributed by atoms with van der Waals surface area (Å²) in [7, 11) is 0. The Labute approximate surface area is 106 Å². The Hall–Kier alpha value is -1.02. The summed E-state index contributed by atoms with van der Waals surface area (Å²) in [6, 6.07) is 8.20. The third kappa shape index (κ3) is 5.22. The third-order valence-corrected chi connectivity index (χ3v) is 3.11. The van der Waals surface area contributed by atoms with E-state index in [9.17, 15) is 0 Å². The number of hydrogen-bond acceptors (Lipinski definition) is 2. The molecule has 0 atom stereocenters. The van der Waals surface area contributed by atoms with E-state index in [0.717, 1.165) is 31.9 Å². The summed E-state index contributed by atoms with van der Waals surface area (Å²) in [5.74, 6) is 1.02. The molecule has 0 aliphatic carbocycles. The Balaban J connectivity index is 2.14. The van der Waals surface area contributed by atoms with Crippen LogP contribution in [0.1, 0.15) is 32.3 Å². The molecule has 0 amide bonds. The van der Waals surface area contributed by atoms with Gasteiger partial charge in [-0.15, -0.1) is 0 Å². The van der Waals surface area contributed by atoms with Crippen molar-refractivity contribution in [1.29, 1.82) is 0 Å². The van der Waals surface area contributed by atoms with Crippen molar-refractivity contribution in [3.63, 3.8) is 0 Å². The number of unbranched alkanes of at least 4 members (excludes halogenated alkanes) is 1. The van der Waals surface area contributed by atoms with Crippen LogP contribution in [0.4, 0.5) is 0 Å². The van der Waals surface area contributed by atoms with Gasteiger partial charge in [-0.25, -0.2) is 0 Å². The van der Waals surface area contributed by atoms with Crippen molar-refractivity contribution in [3.05, 3.63) is 29.8 Å². The molecule has 0 unspecified atom stereocenters. The van der Waals surface area contributed by atoms with Gasteiger partial charge in [0.25, 0.3) is 0 Å². The highest BCUT2D eigenvalue weighted by atomic mass is 16.5. The summed E-state index contributed by atoms with van der Waals surface area (Å²) in [5.41, 5.74) is 1.22. The number of nitrogens with zero attached hydrogens (tertiary/aromatic N) is 1. The molecule has 0 N–H and O–H groups in total. The van der Waals surface area contributed by atoms with Gasteiger partial charge in [0.15, 0.2) is 0 Å². The summed E-state index contributed by atoms with van der Waals surface area (Å²) in [5, 5.41) is 0. The second-order valence-electron chi connectivity index (χ2n) is 4.35. The van der Waals surface area contributed by atoms with E-state index in [1.807, 2.05) is 18.2 Å². The van der Waals surface area contributed by atoms with Crippen LogP contribution >= 0.6 is 0 Å². The predicted octanol–water partition coefficient (Wildman–Crippen LogP) is 3.50. The summed E-state index contributed by atoms with van der Waals surface area (Å²) in [6.07, 6.45) is 2.35. The van der Waals surface area contributed by atoms with Crippen molar-refractivity contribution >= 4 is 0 Å². The van der Waals surface area contributed by atoms with Gasteiger partial charge in [-0.2, -0.15) is 0 Å². The largest absolute Gasteiger partial charge is 0.493 e. The fraction of sp³-hybridized carbons (Fsp3) is 0.600. The van der Waals surface area contributed by atoms with Crippen LogP contribution in [-0.4, -0.2) is 31.1 Å². The van der Waals surface area contributed by atoms with Crippen molar-refractivity contribution in [2.45, 2.75) is 33.6 Å². The third-order valence-electron chi connectivity index (χ3n) is 3.11. The first-order valence-corrected chi connectivity index (χ1v) is 6.68. The van der Waals surface area contributed by atoms with Crippen LogP contribution in [0.5, 0.6) is 5.75 Å².